The summed E-state index contributed by atoms with van der Waals surface area (Å²) in [6, 6.07) is 6.75. The Morgan fingerprint density at radius 1 is 1.17 bits per heavy atom. The fourth-order valence-electron chi connectivity index (χ4n) is 4.09. The molecule has 1 aromatic carbocycles. The number of fused-ring (bicyclic) bond motifs is 1. The summed E-state index contributed by atoms with van der Waals surface area (Å²) in [6.45, 7) is 9.64. The van der Waals surface area contributed by atoms with Crippen molar-refractivity contribution in [3.8, 4) is 11.3 Å². The number of rotatable bonds is 2. The first-order valence-electron chi connectivity index (χ1n) is 10.6. The van der Waals surface area contributed by atoms with Gasteiger partial charge in [0.2, 0.25) is 5.95 Å². The average molecular weight is 413 g/mol. The Morgan fingerprint density at radius 3 is 2.53 bits per heavy atom. The molecule has 4 rings (SSSR count). The summed E-state index contributed by atoms with van der Waals surface area (Å²) in [5, 5.41) is 0. The van der Waals surface area contributed by atoms with Gasteiger partial charge in [-0.3, -0.25) is 0 Å². The number of anilines is 1. The van der Waals surface area contributed by atoms with Crippen molar-refractivity contribution in [3.05, 3.63) is 41.3 Å². The van der Waals surface area contributed by atoms with E-state index < -0.39 is 5.60 Å². The summed E-state index contributed by atoms with van der Waals surface area (Å²) in [4.78, 5) is 26.4. The van der Waals surface area contributed by atoms with E-state index in [1.165, 1.54) is 12.1 Å². The lowest BCUT2D eigenvalue weighted by Gasteiger charge is -2.32. The molecule has 7 heteroatoms. The van der Waals surface area contributed by atoms with Gasteiger partial charge in [-0.05, 0) is 64.8 Å². The second-order valence-electron chi connectivity index (χ2n) is 9.14. The minimum Gasteiger partial charge on any atom is -0.444 e. The van der Waals surface area contributed by atoms with Crippen LogP contribution in [0.2, 0.25) is 0 Å². The van der Waals surface area contributed by atoms with Crippen molar-refractivity contribution >= 4 is 12.0 Å². The molecule has 1 atom stereocenters. The van der Waals surface area contributed by atoms with Gasteiger partial charge < -0.3 is 14.5 Å². The van der Waals surface area contributed by atoms with Crippen LogP contribution < -0.4 is 4.90 Å². The smallest absolute Gasteiger partial charge is 0.410 e. The van der Waals surface area contributed by atoms with Crippen LogP contribution in [0.25, 0.3) is 11.3 Å². The number of aromatic nitrogens is 2. The van der Waals surface area contributed by atoms with Crippen molar-refractivity contribution in [3.63, 3.8) is 0 Å². The maximum Gasteiger partial charge on any atom is 0.410 e. The Labute approximate surface area is 177 Å². The van der Waals surface area contributed by atoms with Crippen LogP contribution in [-0.2, 0) is 17.7 Å². The van der Waals surface area contributed by atoms with Crippen LogP contribution in [0.5, 0.6) is 0 Å². The lowest BCUT2D eigenvalue weighted by Crippen LogP contribution is -2.40. The van der Waals surface area contributed by atoms with Crippen molar-refractivity contribution in [1.82, 2.24) is 14.9 Å². The first kappa shape index (κ1) is 20.6. The molecule has 0 radical (unpaired) electrons. The minimum absolute atomic E-state index is 0.287. The molecule has 2 aliphatic heterocycles. The fraction of sp³-hybridized carbons (Fsp3) is 0.522. The van der Waals surface area contributed by atoms with Gasteiger partial charge in [-0.25, -0.2) is 19.2 Å². The molecular formula is C23H29FN4O2. The number of benzene rings is 1. The number of hydrogen-bond donors (Lipinski definition) is 0. The van der Waals surface area contributed by atoms with Crippen LogP contribution in [0.1, 0.15) is 51.8 Å². The zero-order valence-corrected chi connectivity index (χ0v) is 18.1. The Bertz CT molecular complexity index is 939. The lowest BCUT2D eigenvalue weighted by atomic mass is 9.99. The van der Waals surface area contributed by atoms with E-state index >= 15 is 0 Å². The third-order valence-corrected chi connectivity index (χ3v) is 5.63. The SMILES string of the molecule is CC1CCCN1c1nc2c(c(-c3ccc(F)cc3)n1)CN(C(=O)OC(C)(C)C)CC2. The van der Waals surface area contributed by atoms with Gasteiger partial charge >= 0.3 is 6.09 Å². The molecule has 0 N–H and O–H groups in total. The largest absolute Gasteiger partial charge is 0.444 e. The first-order chi connectivity index (χ1) is 14.2. The number of hydrogen-bond acceptors (Lipinski definition) is 5. The van der Waals surface area contributed by atoms with E-state index in [1.807, 2.05) is 20.8 Å². The van der Waals surface area contributed by atoms with Crippen molar-refractivity contribution in [1.29, 1.82) is 0 Å². The number of amides is 1. The number of carbonyl (C=O) groups is 1. The molecule has 0 bridgehead atoms. The van der Waals surface area contributed by atoms with Gasteiger partial charge in [-0.2, -0.15) is 0 Å². The van der Waals surface area contributed by atoms with E-state index in [2.05, 4.69) is 11.8 Å². The van der Waals surface area contributed by atoms with E-state index in [4.69, 9.17) is 14.7 Å². The highest BCUT2D eigenvalue weighted by Crippen LogP contribution is 2.32. The second kappa shape index (κ2) is 7.85. The Balaban J connectivity index is 1.73. The normalized spacial score (nSPS) is 19.0. The molecule has 1 amide bonds. The zero-order valence-electron chi connectivity index (χ0n) is 18.1. The first-order valence-corrected chi connectivity index (χ1v) is 10.6. The molecule has 1 fully saturated rings. The van der Waals surface area contributed by atoms with Crippen molar-refractivity contribution in [2.45, 2.75) is 65.1 Å². The molecule has 1 saturated heterocycles. The van der Waals surface area contributed by atoms with Gasteiger partial charge in [-0.1, -0.05) is 0 Å². The lowest BCUT2D eigenvalue weighted by molar-refractivity contribution is 0.0223. The summed E-state index contributed by atoms with van der Waals surface area (Å²) in [5.74, 6) is 0.439. The van der Waals surface area contributed by atoms with Gasteiger partial charge in [0.1, 0.15) is 11.4 Å². The minimum atomic E-state index is -0.552. The maximum absolute atomic E-state index is 13.5. The molecule has 1 unspecified atom stereocenters. The molecule has 0 saturated carbocycles. The molecule has 0 spiro atoms. The summed E-state index contributed by atoms with van der Waals surface area (Å²) in [6.07, 6.45) is 2.55. The average Bonchev–Trinajstić information content (AvgIpc) is 3.12. The topological polar surface area (TPSA) is 58.6 Å². The summed E-state index contributed by atoms with van der Waals surface area (Å²) in [7, 11) is 0. The summed E-state index contributed by atoms with van der Waals surface area (Å²) < 4.78 is 19.1. The van der Waals surface area contributed by atoms with E-state index in [0.29, 0.717) is 25.6 Å². The maximum atomic E-state index is 13.5. The number of carbonyl (C=O) groups excluding carboxylic acids is 1. The zero-order chi connectivity index (χ0) is 21.5. The van der Waals surface area contributed by atoms with E-state index in [9.17, 15) is 9.18 Å². The Kier molecular flexibility index (Phi) is 5.38. The second-order valence-corrected chi connectivity index (χ2v) is 9.14. The number of nitrogens with zero attached hydrogens (tertiary/aromatic N) is 4. The number of halogens is 1. The molecule has 0 aliphatic carbocycles. The van der Waals surface area contributed by atoms with Crippen LogP contribution in [0, 0.1) is 5.82 Å². The van der Waals surface area contributed by atoms with Crippen LogP contribution in [0.3, 0.4) is 0 Å². The third-order valence-electron chi connectivity index (χ3n) is 5.63. The predicted octanol–water partition coefficient (Wildman–Crippen LogP) is 4.56. The molecule has 2 aliphatic rings. The molecule has 30 heavy (non-hydrogen) atoms. The molecule has 3 heterocycles. The van der Waals surface area contributed by atoms with E-state index in [-0.39, 0.29) is 11.9 Å². The van der Waals surface area contributed by atoms with Crippen LogP contribution in [0.15, 0.2) is 24.3 Å². The van der Waals surface area contributed by atoms with Crippen LogP contribution >= 0.6 is 0 Å². The van der Waals surface area contributed by atoms with Gasteiger partial charge in [0.25, 0.3) is 0 Å². The summed E-state index contributed by atoms with van der Waals surface area (Å²) in [5.41, 5.74) is 2.91. The van der Waals surface area contributed by atoms with E-state index in [1.54, 1.807) is 17.0 Å². The fourth-order valence-corrected chi connectivity index (χ4v) is 4.09. The van der Waals surface area contributed by atoms with Gasteiger partial charge in [0.15, 0.2) is 0 Å². The van der Waals surface area contributed by atoms with Crippen molar-refractivity contribution in [2.24, 2.45) is 0 Å². The standard InChI is InChI=1S/C23H29FN4O2/c1-15-6-5-12-28(15)21-25-19-11-13-27(22(29)30-23(2,3)4)14-18(19)20(26-21)16-7-9-17(24)10-8-16/h7-10,15H,5-6,11-14H2,1-4H3. The molecule has 1 aromatic heterocycles. The molecular weight excluding hydrogens is 383 g/mol. The van der Waals surface area contributed by atoms with Crippen molar-refractivity contribution < 1.29 is 13.9 Å². The highest BCUT2D eigenvalue weighted by Gasteiger charge is 2.31. The number of ether oxygens (including phenoxy) is 1. The van der Waals surface area contributed by atoms with E-state index in [0.717, 1.165) is 47.8 Å². The van der Waals surface area contributed by atoms with Gasteiger partial charge in [0, 0.05) is 36.7 Å². The predicted molar refractivity (Wildman–Crippen MR) is 114 cm³/mol. The monoisotopic (exact) mass is 412 g/mol. The quantitative estimate of drug-likeness (QED) is 0.723. The Morgan fingerprint density at radius 2 is 1.90 bits per heavy atom. The molecule has 2 aromatic rings. The highest BCUT2D eigenvalue weighted by molar-refractivity contribution is 5.71. The Hall–Kier alpha value is -2.70. The van der Waals surface area contributed by atoms with Crippen molar-refractivity contribution in [2.75, 3.05) is 18.0 Å². The molecule has 6 nitrogen and oxygen atoms in total. The molecule has 160 valence electrons. The van der Waals surface area contributed by atoms with Crippen LogP contribution in [0.4, 0.5) is 15.1 Å². The summed E-state index contributed by atoms with van der Waals surface area (Å²) >= 11 is 0. The highest BCUT2D eigenvalue weighted by atomic mass is 19.1. The van der Waals surface area contributed by atoms with Gasteiger partial charge in [0.05, 0.1) is 17.9 Å². The van der Waals surface area contributed by atoms with Gasteiger partial charge in [-0.15, -0.1) is 0 Å². The van der Waals surface area contributed by atoms with Crippen LogP contribution in [-0.4, -0.2) is 45.7 Å². The third kappa shape index (κ3) is 4.25.